The molecule has 94 valence electrons. The molecule has 0 saturated heterocycles. The Morgan fingerprint density at radius 1 is 1.56 bits per heavy atom. The van der Waals surface area contributed by atoms with Crippen LogP contribution < -0.4 is 4.72 Å². The summed E-state index contributed by atoms with van der Waals surface area (Å²) in [6, 6.07) is -0.471. The van der Waals surface area contributed by atoms with Gasteiger partial charge in [-0.1, -0.05) is 13.3 Å². The fraction of sp³-hybridized carbons (Fsp3) is 0.900. The van der Waals surface area contributed by atoms with E-state index in [1.54, 1.807) is 13.8 Å². The van der Waals surface area contributed by atoms with Gasteiger partial charge in [-0.15, -0.1) is 0 Å². The van der Waals surface area contributed by atoms with Gasteiger partial charge in [0, 0.05) is 6.04 Å². The molecule has 0 aromatic rings. The Hall–Kier alpha value is -0.620. The summed E-state index contributed by atoms with van der Waals surface area (Å²) in [6.07, 6.45) is 2.42. The molecule has 1 fully saturated rings. The SMILES string of the molecule is CCCS(=O)(=O)NC1CCCC1(C)C(=O)O. The van der Waals surface area contributed by atoms with Crippen LogP contribution in [0.5, 0.6) is 0 Å². The molecule has 0 bridgehead atoms. The van der Waals surface area contributed by atoms with Crippen molar-refractivity contribution in [2.24, 2.45) is 5.41 Å². The van der Waals surface area contributed by atoms with Crippen molar-refractivity contribution >= 4 is 16.0 Å². The van der Waals surface area contributed by atoms with Crippen LogP contribution in [0.4, 0.5) is 0 Å². The summed E-state index contributed by atoms with van der Waals surface area (Å²) in [6.45, 7) is 3.39. The molecule has 2 N–H and O–H groups in total. The first-order valence-corrected chi connectivity index (χ1v) is 7.20. The zero-order valence-corrected chi connectivity index (χ0v) is 10.5. The van der Waals surface area contributed by atoms with Crippen molar-refractivity contribution in [2.75, 3.05) is 5.75 Å². The number of hydrogen-bond donors (Lipinski definition) is 2. The Morgan fingerprint density at radius 2 is 2.19 bits per heavy atom. The topological polar surface area (TPSA) is 83.5 Å². The van der Waals surface area contributed by atoms with E-state index in [2.05, 4.69) is 4.72 Å². The first-order chi connectivity index (χ1) is 7.32. The van der Waals surface area contributed by atoms with Gasteiger partial charge in [0.2, 0.25) is 10.0 Å². The molecule has 0 radical (unpaired) electrons. The van der Waals surface area contributed by atoms with Gasteiger partial charge in [-0.05, 0) is 26.2 Å². The second-order valence-electron chi connectivity index (χ2n) is 4.60. The molecule has 0 heterocycles. The summed E-state index contributed by atoms with van der Waals surface area (Å²) in [7, 11) is -3.33. The third-order valence-electron chi connectivity index (χ3n) is 3.24. The number of aliphatic carboxylic acids is 1. The molecule has 1 aliphatic rings. The van der Waals surface area contributed by atoms with E-state index >= 15 is 0 Å². The Labute approximate surface area is 96.3 Å². The Kier molecular flexibility index (Phi) is 3.96. The smallest absolute Gasteiger partial charge is 0.310 e. The third-order valence-corrected chi connectivity index (χ3v) is 4.83. The largest absolute Gasteiger partial charge is 0.481 e. The lowest BCUT2D eigenvalue weighted by Crippen LogP contribution is -2.47. The highest BCUT2D eigenvalue weighted by molar-refractivity contribution is 7.89. The van der Waals surface area contributed by atoms with Gasteiger partial charge < -0.3 is 5.11 Å². The van der Waals surface area contributed by atoms with Gasteiger partial charge in [-0.2, -0.15) is 0 Å². The Bertz CT molecular complexity index is 365. The van der Waals surface area contributed by atoms with E-state index in [0.29, 0.717) is 19.3 Å². The molecule has 0 spiro atoms. The zero-order chi connectivity index (χ0) is 12.4. The van der Waals surface area contributed by atoms with Crippen molar-refractivity contribution in [2.45, 2.75) is 45.6 Å². The van der Waals surface area contributed by atoms with E-state index < -0.39 is 27.4 Å². The molecular weight excluding hydrogens is 230 g/mol. The van der Waals surface area contributed by atoms with Crippen LogP contribution >= 0.6 is 0 Å². The fourth-order valence-corrected chi connectivity index (χ4v) is 3.62. The van der Waals surface area contributed by atoms with Crippen molar-refractivity contribution in [3.63, 3.8) is 0 Å². The molecule has 0 amide bonds. The minimum Gasteiger partial charge on any atom is -0.481 e. The van der Waals surface area contributed by atoms with E-state index in [9.17, 15) is 13.2 Å². The minimum atomic E-state index is -3.33. The highest BCUT2D eigenvalue weighted by atomic mass is 32.2. The van der Waals surface area contributed by atoms with E-state index in [0.717, 1.165) is 6.42 Å². The molecule has 0 aromatic heterocycles. The summed E-state index contributed by atoms with van der Waals surface area (Å²) >= 11 is 0. The maximum Gasteiger partial charge on any atom is 0.310 e. The van der Waals surface area contributed by atoms with Crippen molar-refractivity contribution in [1.82, 2.24) is 4.72 Å². The Balaban J connectivity index is 2.78. The van der Waals surface area contributed by atoms with Crippen LogP contribution in [0, 0.1) is 5.41 Å². The van der Waals surface area contributed by atoms with Crippen LogP contribution in [0.25, 0.3) is 0 Å². The molecule has 2 unspecified atom stereocenters. The number of carboxylic acids is 1. The molecule has 16 heavy (non-hydrogen) atoms. The lowest BCUT2D eigenvalue weighted by molar-refractivity contribution is -0.148. The molecule has 0 aromatic carbocycles. The van der Waals surface area contributed by atoms with Gasteiger partial charge >= 0.3 is 5.97 Å². The van der Waals surface area contributed by atoms with Crippen molar-refractivity contribution in [1.29, 1.82) is 0 Å². The maximum atomic E-state index is 11.6. The van der Waals surface area contributed by atoms with Gasteiger partial charge in [0.1, 0.15) is 0 Å². The van der Waals surface area contributed by atoms with Crippen molar-refractivity contribution in [3.05, 3.63) is 0 Å². The van der Waals surface area contributed by atoms with E-state index in [4.69, 9.17) is 5.11 Å². The van der Waals surface area contributed by atoms with Crippen molar-refractivity contribution in [3.8, 4) is 0 Å². The highest BCUT2D eigenvalue weighted by Crippen LogP contribution is 2.38. The van der Waals surface area contributed by atoms with E-state index in [-0.39, 0.29) is 5.75 Å². The van der Waals surface area contributed by atoms with Gasteiger partial charge in [-0.3, -0.25) is 4.79 Å². The van der Waals surface area contributed by atoms with Gasteiger partial charge in [-0.25, -0.2) is 13.1 Å². The average molecular weight is 249 g/mol. The summed E-state index contributed by atoms with van der Waals surface area (Å²) in [5.74, 6) is -0.867. The first kappa shape index (κ1) is 13.4. The van der Waals surface area contributed by atoms with Crippen LogP contribution in [-0.2, 0) is 14.8 Å². The quantitative estimate of drug-likeness (QED) is 0.760. The van der Waals surface area contributed by atoms with Crippen LogP contribution in [0.2, 0.25) is 0 Å². The monoisotopic (exact) mass is 249 g/mol. The van der Waals surface area contributed by atoms with Gasteiger partial charge in [0.25, 0.3) is 0 Å². The predicted octanol–water partition coefficient (Wildman–Crippen LogP) is 0.959. The standard InChI is InChI=1S/C10H19NO4S/c1-3-7-16(14,15)11-8-5-4-6-10(8,2)9(12)13/h8,11H,3-7H2,1-2H3,(H,12,13). The number of carbonyl (C=O) groups is 1. The van der Waals surface area contributed by atoms with E-state index in [1.165, 1.54) is 0 Å². The van der Waals surface area contributed by atoms with Crippen LogP contribution in [0.3, 0.4) is 0 Å². The molecule has 0 aliphatic heterocycles. The summed E-state index contributed by atoms with van der Waals surface area (Å²) in [4.78, 5) is 11.1. The molecule has 5 nitrogen and oxygen atoms in total. The van der Waals surface area contributed by atoms with Crippen LogP contribution in [-0.4, -0.2) is 31.3 Å². The number of rotatable bonds is 5. The van der Waals surface area contributed by atoms with Crippen LogP contribution in [0.15, 0.2) is 0 Å². The molecule has 2 atom stereocenters. The number of carboxylic acid groups (broad SMARTS) is 1. The summed E-state index contributed by atoms with van der Waals surface area (Å²) < 4.78 is 25.7. The minimum absolute atomic E-state index is 0.0548. The lowest BCUT2D eigenvalue weighted by atomic mass is 9.85. The van der Waals surface area contributed by atoms with Gasteiger partial charge in [0.05, 0.1) is 11.2 Å². The Morgan fingerprint density at radius 3 is 2.69 bits per heavy atom. The average Bonchev–Trinajstić information content (AvgIpc) is 2.48. The predicted molar refractivity (Wildman–Crippen MR) is 60.6 cm³/mol. The lowest BCUT2D eigenvalue weighted by Gasteiger charge is -2.27. The highest BCUT2D eigenvalue weighted by Gasteiger charge is 2.46. The molecule has 6 heteroatoms. The normalized spacial score (nSPS) is 30.5. The van der Waals surface area contributed by atoms with Crippen molar-refractivity contribution < 1.29 is 18.3 Å². The summed E-state index contributed by atoms with van der Waals surface area (Å²) in [5, 5.41) is 9.13. The third kappa shape index (κ3) is 2.74. The first-order valence-electron chi connectivity index (χ1n) is 5.55. The van der Waals surface area contributed by atoms with Gasteiger partial charge in [0.15, 0.2) is 0 Å². The van der Waals surface area contributed by atoms with Crippen LogP contribution in [0.1, 0.15) is 39.5 Å². The second kappa shape index (κ2) is 4.71. The number of sulfonamides is 1. The zero-order valence-electron chi connectivity index (χ0n) is 9.69. The number of nitrogens with one attached hydrogen (secondary N) is 1. The molecule has 1 rings (SSSR count). The fourth-order valence-electron chi connectivity index (χ4n) is 2.16. The maximum absolute atomic E-state index is 11.6. The number of hydrogen-bond acceptors (Lipinski definition) is 3. The molecule has 1 aliphatic carbocycles. The molecular formula is C10H19NO4S. The molecule has 1 saturated carbocycles. The van der Waals surface area contributed by atoms with E-state index in [1.807, 2.05) is 0 Å². The second-order valence-corrected chi connectivity index (χ2v) is 6.48. The summed E-state index contributed by atoms with van der Waals surface area (Å²) in [5.41, 5.74) is -0.958.